The molecular weight excluding hydrogens is 549 g/mol. The number of rotatable bonds is 5. The largest absolute Gasteiger partial charge is 0.416 e. The van der Waals surface area contributed by atoms with Gasteiger partial charge in [-0.2, -0.15) is 0 Å². The average molecular weight is 607 g/mol. The zero-order chi connectivity index (χ0) is 30.4. The molecule has 4 fully saturated rings. The maximum atomic E-state index is 14.7. The minimum atomic E-state index is -2.11. The molecule has 5 aliphatic rings. The van der Waals surface area contributed by atoms with Crippen LogP contribution in [0.1, 0.15) is 93.4 Å². The second-order valence-corrected chi connectivity index (χ2v) is 26.9. The van der Waals surface area contributed by atoms with Crippen molar-refractivity contribution in [3.63, 3.8) is 0 Å². The number of Topliss-reactive ketones (excluding diaryl/α,β-unsaturated/α-hetero) is 1. The molecule has 0 aromatic heterocycles. The van der Waals surface area contributed by atoms with Crippen LogP contribution in [0.4, 0.5) is 0 Å². The second kappa shape index (κ2) is 10.1. The van der Waals surface area contributed by atoms with Crippen molar-refractivity contribution >= 4 is 22.4 Å². The van der Waals surface area contributed by atoms with E-state index < -0.39 is 39.4 Å². The van der Waals surface area contributed by atoms with E-state index in [9.17, 15) is 9.90 Å². The molecule has 0 radical (unpaired) electrons. The molecule has 41 heavy (non-hydrogen) atoms. The minimum Gasteiger partial charge on any atom is -0.416 e. The van der Waals surface area contributed by atoms with Gasteiger partial charge >= 0.3 is 0 Å². The number of aliphatic hydroxyl groups excluding tert-OH is 1. The first-order valence-corrected chi connectivity index (χ1v) is 22.1. The Kier molecular flexibility index (Phi) is 7.88. The standard InChI is InChI=1S/C33H58O6Si2/c1-29(2,3)40(8,9)38-21-32-20-25(34)23-18-22-19-33(36-16-17-37-33)15-14-31(22,7)28(35)27(23)24(32)12-13-26(32)39-41(10,11)30(4,5)6/h22-23,25-26,34H,12-21H2,1-11H3/t22-,23+,25-,26-,31+,32-/m1/s1. The Hall–Kier alpha value is -0.356. The number of ether oxygens (including phenoxy) is 2. The highest BCUT2D eigenvalue weighted by molar-refractivity contribution is 6.74. The van der Waals surface area contributed by atoms with Gasteiger partial charge in [0.05, 0.1) is 25.4 Å². The van der Waals surface area contributed by atoms with Crippen molar-refractivity contribution in [3.8, 4) is 0 Å². The number of aliphatic hydroxyl groups is 1. The molecule has 4 aliphatic carbocycles. The smallest absolute Gasteiger partial charge is 0.192 e. The molecule has 0 aromatic carbocycles. The Labute approximate surface area is 251 Å². The van der Waals surface area contributed by atoms with E-state index >= 15 is 0 Å². The van der Waals surface area contributed by atoms with Crippen molar-refractivity contribution in [2.75, 3.05) is 19.8 Å². The molecule has 6 nitrogen and oxygen atoms in total. The quantitative estimate of drug-likeness (QED) is 0.329. The highest BCUT2D eigenvalue weighted by Gasteiger charge is 2.63. The van der Waals surface area contributed by atoms with Crippen LogP contribution in [0.5, 0.6) is 0 Å². The number of carbonyl (C=O) groups is 1. The highest BCUT2D eigenvalue weighted by Crippen LogP contribution is 2.63. The second-order valence-electron chi connectivity index (χ2n) is 17.4. The van der Waals surface area contributed by atoms with Gasteiger partial charge in [-0.15, -0.1) is 0 Å². The van der Waals surface area contributed by atoms with Gasteiger partial charge in [0.1, 0.15) is 0 Å². The third-order valence-electron chi connectivity index (χ3n) is 12.9. The van der Waals surface area contributed by atoms with Crippen LogP contribution in [0.3, 0.4) is 0 Å². The van der Waals surface area contributed by atoms with Gasteiger partial charge in [0.25, 0.3) is 0 Å². The molecule has 1 aliphatic heterocycles. The summed E-state index contributed by atoms with van der Waals surface area (Å²) >= 11 is 0. The zero-order valence-corrected chi connectivity index (χ0v) is 29.9. The van der Waals surface area contributed by atoms with Crippen LogP contribution in [-0.2, 0) is 23.1 Å². The van der Waals surface area contributed by atoms with Gasteiger partial charge in [0.15, 0.2) is 28.2 Å². The van der Waals surface area contributed by atoms with Gasteiger partial charge in [-0.05, 0) is 74.3 Å². The van der Waals surface area contributed by atoms with Crippen LogP contribution in [-0.4, -0.2) is 65.3 Å². The first kappa shape index (κ1) is 32.0. The Balaban J connectivity index is 1.56. The van der Waals surface area contributed by atoms with Crippen LogP contribution >= 0.6 is 0 Å². The molecule has 0 aromatic rings. The predicted octanol–water partition coefficient (Wildman–Crippen LogP) is 7.38. The van der Waals surface area contributed by atoms with Crippen molar-refractivity contribution in [1.82, 2.24) is 0 Å². The molecule has 0 bridgehead atoms. The molecular formula is C33H58O6Si2. The summed E-state index contributed by atoms with van der Waals surface area (Å²) in [5.74, 6) is -0.238. The van der Waals surface area contributed by atoms with E-state index in [1.54, 1.807) is 0 Å². The van der Waals surface area contributed by atoms with Gasteiger partial charge in [0.2, 0.25) is 0 Å². The number of hydrogen-bond donors (Lipinski definition) is 1. The molecule has 6 atom stereocenters. The Bertz CT molecular complexity index is 1080. The maximum Gasteiger partial charge on any atom is 0.192 e. The van der Waals surface area contributed by atoms with Crippen LogP contribution in [0.2, 0.25) is 36.3 Å². The van der Waals surface area contributed by atoms with E-state index in [0.717, 1.165) is 44.1 Å². The minimum absolute atomic E-state index is 0.0421. The van der Waals surface area contributed by atoms with E-state index in [-0.39, 0.29) is 33.8 Å². The van der Waals surface area contributed by atoms with Crippen LogP contribution < -0.4 is 0 Å². The number of carbonyl (C=O) groups excluding carboxylic acids is 1. The lowest BCUT2D eigenvalue weighted by Gasteiger charge is -2.56. The van der Waals surface area contributed by atoms with Crippen LogP contribution in [0.15, 0.2) is 11.1 Å². The molecule has 234 valence electrons. The molecule has 1 N–H and O–H groups in total. The fraction of sp³-hybridized carbons (Fsp3) is 0.909. The van der Waals surface area contributed by atoms with E-state index in [0.29, 0.717) is 26.2 Å². The average Bonchev–Trinajstić information content (AvgIpc) is 3.43. The third-order valence-corrected chi connectivity index (χ3v) is 21.9. The Morgan fingerprint density at radius 2 is 1.56 bits per heavy atom. The van der Waals surface area contributed by atoms with Gasteiger partial charge in [-0.25, -0.2) is 0 Å². The first-order valence-electron chi connectivity index (χ1n) is 16.2. The van der Waals surface area contributed by atoms with Gasteiger partial charge in [-0.3, -0.25) is 4.79 Å². The van der Waals surface area contributed by atoms with E-state index in [1.807, 2.05) is 0 Å². The lowest BCUT2D eigenvalue weighted by atomic mass is 9.51. The molecule has 1 spiro atoms. The fourth-order valence-corrected chi connectivity index (χ4v) is 10.5. The molecule has 1 heterocycles. The Morgan fingerprint density at radius 3 is 2.15 bits per heavy atom. The maximum absolute atomic E-state index is 14.7. The molecule has 0 unspecified atom stereocenters. The number of fused-ring (bicyclic) bond motifs is 3. The van der Waals surface area contributed by atoms with Crippen molar-refractivity contribution in [1.29, 1.82) is 0 Å². The van der Waals surface area contributed by atoms with Crippen LogP contribution in [0, 0.1) is 22.7 Å². The molecule has 3 saturated carbocycles. The van der Waals surface area contributed by atoms with Gasteiger partial charge in [0, 0.05) is 41.8 Å². The summed E-state index contributed by atoms with van der Waals surface area (Å²) in [6.45, 7) is 26.9. The summed E-state index contributed by atoms with van der Waals surface area (Å²) in [7, 11) is -4.19. The highest BCUT2D eigenvalue weighted by atomic mass is 28.4. The fourth-order valence-electron chi connectivity index (χ4n) is 8.01. The van der Waals surface area contributed by atoms with Crippen molar-refractivity contribution in [2.24, 2.45) is 22.7 Å². The predicted molar refractivity (Wildman–Crippen MR) is 168 cm³/mol. The molecule has 0 amide bonds. The summed E-state index contributed by atoms with van der Waals surface area (Å²) in [5, 5.41) is 12.1. The summed E-state index contributed by atoms with van der Waals surface area (Å²) in [6, 6.07) is 0. The third kappa shape index (κ3) is 5.13. The lowest BCUT2D eigenvalue weighted by Crippen LogP contribution is -2.58. The molecule has 5 rings (SSSR count). The van der Waals surface area contributed by atoms with Crippen LogP contribution in [0.25, 0.3) is 0 Å². The topological polar surface area (TPSA) is 74.2 Å². The molecule has 8 heteroatoms. The van der Waals surface area contributed by atoms with Crippen molar-refractivity contribution in [2.45, 2.75) is 148 Å². The summed E-state index contributed by atoms with van der Waals surface area (Å²) < 4.78 is 26.5. The van der Waals surface area contributed by atoms with E-state index in [4.69, 9.17) is 18.3 Å². The van der Waals surface area contributed by atoms with Gasteiger partial charge < -0.3 is 23.4 Å². The molecule has 1 saturated heterocycles. The summed E-state index contributed by atoms with van der Waals surface area (Å²) in [5.41, 5.74) is 1.30. The first-order chi connectivity index (χ1) is 18.7. The monoisotopic (exact) mass is 606 g/mol. The van der Waals surface area contributed by atoms with Gasteiger partial charge in [-0.1, -0.05) is 54.0 Å². The number of ketones is 1. The normalized spacial score (nSPS) is 37.8. The van der Waals surface area contributed by atoms with Crippen molar-refractivity contribution < 1.29 is 28.2 Å². The summed E-state index contributed by atoms with van der Waals surface area (Å²) in [6.07, 6.45) is 4.84. The number of hydrogen-bond acceptors (Lipinski definition) is 6. The van der Waals surface area contributed by atoms with E-state index in [1.165, 1.54) is 5.57 Å². The van der Waals surface area contributed by atoms with Crippen molar-refractivity contribution in [3.05, 3.63) is 11.1 Å². The Morgan fingerprint density at radius 1 is 0.951 bits per heavy atom. The lowest BCUT2D eigenvalue weighted by molar-refractivity contribution is -0.210. The zero-order valence-electron chi connectivity index (χ0n) is 27.9. The SMILES string of the molecule is CC(C)(C)[Si](C)(C)OC[C@]12C[C@@H](O)[C@@H]3C[C@@H]4CC5(CC[C@]4(C)C(=O)C3=C1CC[C@H]2O[Si](C)(C)C(C)(C)C)OCCO5. The summed E-state index contributed by atoms with van der Waals surface area (Å²) in [4.78, 5) is 14.7. The van der Waals surface area contributed by atoms with E-state index in [2.05, 4.69) is 74.7 Å².